The normalized spacial score (nSPS) is 11.5. The molecule has 0 aliphatic carbocycles. The summed E-state index contributed by atoms with van der Waals surface area (Å²) >= 11 is 0. The molecule has 0 unspecified atom stereocenters. The van der Waals surface area contributed by atoms with Gasteiger partial charge in [-0.15, -0.1) is 0 Å². The van der Waals surface area contributed by atoms with Gasteiger partial charge in [0.1, 0.15) is 22.3 Å². The van der Waals surface area contributed by atoms with Crippen molar-refractivity contribution in [3.8, 4) is 78.7 Å². The Bertz CT molecular complexity index is 3540. The molecule has 5 heteroatoms. The van der Waals surface area contributed by atoms with Crippen LogP contribution in [0.4, 0.5) is 0 Å². The molecule has 0 amide bonds. The van der Waals surface area contributed by atoms with Crippen LogP contribution in [0.15, 0.2) is 221 Å². The lowest BCUT2D eigenvalue weighted by molar-refractivity contribution is 0.669. The summed E-state index contributed by atoms with van der Waals surface area (Å²) in [5, 5.41) is 4.26. The average Bonchev–Trinajstić information content (AvgIpc) is 3.93. The van der Waals surface area contributed by atoms with Crippen molar-refractivity contribution >= 4 is 43.9 Å². The van der Waals surface area contributed by atoms with Crippen molar-refractivity contribution in [1.82, 2.24) is 15.0 Å². The number of rotatable bonds is 7. The van der Waals surface area contributed by atoms with E-state index in [0.717, 1.165) is 105 Å². The first kappa shape index (κ1) is 35.5. The first-order valence-electron chi connectivity index (χ1n) is 20.8. The van der Waals surface area contributed by atoms with Crippen LogP contribution >= 0.6 is 0 Å². The van der Waals surface area contributed by atoms with Gasteiger partial charge in [-0.3, -0.25) is 0 Å². The molecule has 12 rings (SSSR count). The molecule has 290 valence electrons. The second-order valence-electron chi connectivity index (χ2n) is 15.5. The van der Waals surface area contributed by atoms with Gasteiger partial charge in [-0.1, -0.05) is 176 Å². The lowest BCUT2D eigenvalue weighted by Crippen LogP contribution is -2.00. The number of furan rings is 2. The van der Waals surface area contributed by atoms with Gasteiger partial charge in [0.15, 0.2) is 17.5 Å². The molecule has 5 nitrogen and oxygen atoms in total. The van der Waals surface area contributed by atoms with Gasteiger partial charge in [0.05, 0.1) is 0 Å². The fourth-order valence-electron chi connectivity index (χ4n) is 8.80. The maximum Gasteiger partial charge on any atom is 0.164 e. The van der Waals surface area contributed by atoms with Gasteiger partial charge in [-0.05, 0) is 75.3 Å². The van der Waals surface area contributed by atoms with Crippen LogP contribution in [0.5, 0.6) is 0 Å². The Morgan fingerprint density at radius 2 is 0.726 bits per heavy atom. The van der Waals surface area contributed by atoms with Crippen LogP contribution < -0.4 is 0 Å². The minimum Gasteiger partial charge on any atom is -0.456 e. The number of benzene rings is 9. The highest BCUT2D eigenvalue weighted by Crippen LogP contribution is 2.44. The summed E-state index contributed by atoms with van der Waals surface area (Å²) in [5.41, 5.74) is 14.7. The molecule has 3 heterocycles. The molecule has 0 N–H and O–H groups in total. The molecule has 12 aromatic rings. The molecule has 0 bridgehead atoms. The van der Waals surface area contributed by atoms with Crippen LogP contribution in [-0.4, -0.2) is 15.0 Å². The minimum absolute atomic E-state index is 0.564. The van der Waals surface area contributed by atoms with Crippen molar-refractivity contribution in [3.05, 3.63) is 212 Å². The van der Waals surface area contributed by atoms with Crippen LogP contribution in [0.1, 0.15) is 0 Å². The van der Waals surface area contributed by atoms with E-state index in [4.69, 9.17) is 23.8 Å². The van der Waals surface area contributed by atoms with Crippen LogP contribution in [0.2, 0.25) is 0 Å². The first-order valence-corrected chi connectivity index (χ1v) is 20.8. The number of hydrogen-bond donors (Lipinski definition) is 0. The quantitative estimate of drug-likeness (QED) is 0.161. The fourth-order valence-corrected chi connectivity index (χ4v) is 8.80. The molecule has 0 atom stereocenters. The van der Waals surface area contributed by atoms with Gasteiger partial charge in [-0.2, -0.15) is 0 Å². The van der Waals surface area contributed by atoms with E-state index in [1.165, 1.54) is 0 Å². The van der Waals surface area contributed by atoms with Crippen molar-refractivity contribution in [1.29, 1.82) is 0 Å². The largest absolute Gasteiger partial charge is 0.456 e. The third-order valence-electron chi connectivity index (χ3n) is 11.8. The molecule has 0 spiro atoms. The van der Waals surface area contributed by atoms with Gasteiger partial charge >= 0.3 is 0 Å². The third-order valence-corrected chi connectivity index (χ3v) is 11.8. The van der Waals surface area contributed by atoms with Gasteiger partial charge in [-0.25, -0.2) is 15.0 Å². The van der Waals surface area contributed by atoms with Crippen LogP contribution in [0.25, 0.3) is 123 Å². The summed E-state index contributed by atoms with van der Waals surface area (Å²) in [4.78, 5) is 15.4. The molecule has 0 saturated heterocycles. The van der Waals surface area contributed by atoms with E-state index >= 15 is 0 Å². The summed E-state index contributed by atoms with van der Waals surface area (Å²) in [6.07, 6.45) is 0. The van der Waals surface area contributed by atoms with Gasteiger partial charge in [0.2, 0.25) is 0 Å². The van der Waals surface area contributed by atoms with Crippen molar-refractivity contribution in [2.45, 2.75) is 0 Å². The number of hydrogen-bond acceptors (Lipinski definition) is 5. The zero-order chi connectivity index (χ0) is 41.0. The van der Waals surface area contributed by atoms with Gasteiger partial charge in [0, 0.05) is 43.8 Å². The number of nitrogens with zero attached hydrogens (tertiary/aromatic N) is 3. The predicted molar refractivity (Wildman–Crippen MR) is 252 cm³/mol. The maximum atomic E-state index is 6.90. The SMILES string of the molecule is c1ccc(-c2cccc(-c3nc(-c4cccc(-c5ccccc5)c4)nc(-c4ccc5c(c4)oc4c(-c6ccccc6-c6cccc7oc8ccccc8c67)cccc45)n3)c2)cc1. The second kappa shape index (κ2) is 14.7. The van der Waals surface area contributed by atoms with E-state index in [1.807, 2.05) is 30.3 Å². The summed E-state index contributed by atoms with van der Waals surface area (Å²) in [5.74, 6) is 1.75. The molecule has 0 aliphatic rings. The maximum absolute atomic E-state index is 6.90. The third kappa shape index (κ3) is 6.14. The number of para-hydroxylation sites is 2. The molecule has 0 fully saturated rings. The Kier molecular flexibility index (Phi) is 8.42. The van der Waals surface area contributed by atoms with Crippen LogP contribution in [-0.2, 0) is 0 Å². The predicted octanol–water partition coefficient (Wildman–Crippen LogP) is 15.3. The second-order valence-corrected chi connectivity index (χ2v) is 15.5. The molecule has 0 radical (unpaired) electrons. The Labute approximate surface area is 357 Å². The van der Waals surface area contributed by atoms with E-state index in [1.54, 1.807) is 0 Å². The molecule has 9 aromatic carbocycles. The zero-order valence-corrected chi connectivity index (χ0v) is 33.4. The Morgan fingerprint density at radius 3 is 1.40 bits per heavy atom. The standard InChI is InChI=1S/C57H35N3O2/c1-3-15-36(16-4-1)38-19-11-21-40(33-38)55-58-56(41-22-12-20-39(34-41)37-17-5-2-6-18-37)60-57(59-55)42-31-32-45-48-28-13-27-47(54(48)62-52(45)35-42)44-24-8-7-23-43(44)46-26-14-30-51-53(46)49-25-9-10-29-50(49)61-51/h1-35H. The monoisotopic (exact) mass is 793 g/mol. The zero-order valence-electron chi connectivity index (χ0n) is 33.4. The lowest BCUT2D eigenvalue weighted by Gasteiger charge is -2.12. The smallest absolute Gasteiger partial charge is 0.164 e. The fraction of sp³-hybridized carbons (Fsp3) is 0. The molecule has 3 aromatic heterocycles. The highest BCUT2D eigenvalue weighted by atomic mass is 16.3. The van der Waals surface area contributed by atoms with E-state index in [-0.39, 0.29) is 0 Å². The van der Waals surface area contributed by atoms with Crippen molar-refractivity contribution in [2.24, 2.45) is 0 Å². The van der Waals surface area contributed by atoms with Crippen molar-refractivity contribution in [2.75, 3.05) is 0 Å². The Hall–Kier alpha value is -8.41. The molecule has 62 heavy (non-hydrogen) atoms. The number of aromatic nitrogens is 3. The van der Waals surface area contributed by atoms with Crippen molar-refractivity contribution in [3.63, 3.8) is 0 Å². The van der Waals surface area contributed by atoms with Crippen LogP contribution in [0, 0.1) is 0 Å². The summed E-state index contributed by atoms with van der Waals surface area (Å²) in [6.45, 7) is 0. The molecule has 0 aliphatic heterocycles. The topological polar surface area (TPSA) is 65.0 Å². The average molecular weight is 794 g/mol. The highest BCUT2D eigenvalue weighted by molar-refractivity contribution is 6.15. The summed E-state index contributed by atoms with van der Waals surface area (Å²) in [7, 11) is 0. The first-order chi connectivity index (χ1) is 30.7. The van der Waals surface area contributed by atoms with Gasteiger partial charge < -0.3 is 8.83 Å². The van der Waals surface area contributed by atoms with E-state index in [2.05, 4.69) is 182 Å². The Balaban J connectivity index is 1.00. The van der Waals surface area contributed by atoms with Crippen LogP contribution in [0.3, 0.4) is 0 Å². The van der Waals surface area contributed by atoms with E-state index < -0.39 is 0 Å². The van der Waals surface area contributed by atoms with E-state index in [0.29, 0.717) is 17.5 Å². The lowest BCUT2D eigenvalue weighted by atomic mass is 9.91. The summed E-state index contributed by atoms with van der Waals surface area (Å²) in [6, 6.07) is 73.3. The van der Waals surface area contributed by atoms with E-state index in [9.17, 15) is 0 Å². The van der Waals surface area contributed by atoms with Gasteiger partial charge in [0.25, 0.3) is 0 Å². The highest BCUT2D eigenvalue weighted by Gasteiger charge is 2.20. The molecular weight excluding hydrogens is 759 g/mol. The minimum atomic E-state index is 0.564. The number of fused-ring (bicyclic) bond motifs is 6. The van der Waals surface area contributed by atoms with Crippen molar-refractivity contribution < 1.29 is 8.83 Å². The molecule has 0 saturated carbocycles. The summed E-state index contributed by atoms with van der Waals surface area (Å²) < 4.78 is 13.2. The Morgan fingerprint density at radius 1 is 0.258 bits per heavy atom. The molecular formula is C57H35N3O2.